The van der Waals surface area contributed by atoms with E-state index in [1.54, 1.807) is 0 Å². The maximum absolute atomic E-state index is 13.9. The molecule has 9 aromatic rings. The first-order chi connectivity index (χ1) is 33.6. The number of rotatable bonds is 16. The van der Waals surface area contributed by atoms with E-state index in [-0.39, 0.29) is 11.9 Å². The topological polar surface area (TPSA) is 52.6 Å². The summed E-state index contributed by atoms with van der Waals surface area (Å²) < 4.78 is 11.9. The van der Waals surface area contributed by atoms with Gasteiger partial charge in [0.1, 0.15) is 0 Å². The van der Waals surface area contributed by atoms with Crippen molar-refractivity contribution in [2.75, 3.05) is 13.2 Å². The zero-order chi connectivity index (χ0) is 46.7. The smallest absolute Gasteiger partial charge is 0.339 e. The van der Waals surface area contributed by atoms with Gasteiger partial charge >= 0.3 is 11.9 Å². The minimum absolute atomic E-state index is 0.294. The summed E-state index contributed by atoms with van der Waals surface area (Å²) in [7, 11) is 0. The van der Waals surface area contributed by atoms with Gasteiger partial charge in [0, 0.05) is 22.3 Å². The molecule has 0 fully saturated rings. The third-order valence-electron chi connectivity index (χ3n) is 13.3. The number of hydrogen-bond donors (Lipinski definition) is 0. The van der Waals surface area contributed by atoms with E-state index in [9.17, 15) is 9.59 Å². The van der Waals surface area contributed by atoms with E-state index >= 15 is 0 Å². The van der Waals surface area contributed by atoms with Crippen molar-refractivity contribution in [1.82, 2.24) is 0 Å². The van der Waals surface area contributed by atoms with Crippen LogP contribution in [0.4, 0.5) is 0 Å². The number of fused-ring (bicyclic) bond motifs is 6. The Hall–Kier alpha value is -7.40. The van der Waals surface area contributed by atoms with Gasteiger partial charge in [-0.3, -0.25) is 0 Å². The van der Waals surface area contributed by atoms with Gasteiger partial charge in [0.25, 0.3) is 0 Å². The van der Waals surface area contributed by atoms with Crippen LogP contribution < -0.4 is 0 Å². The second kappa shape index (κ2) is 21.9. The van der Waals surface area contributed by atoms with E-state index in [1.807, 2.05) is 72.8 Å². The number of carbonyl (C=O) groups excluding carboxylic acids is 2. The first-order valence-corrected chi connectivity index (χ1v) is 24.8. The standard InChI is InChI=1S/C64H58O4/c1-3-5-7-9-11-25-43-67-63(65)61-57-35-21-17-31-49(57)55(50-32-18-22-36-58(50)61)41-39-53-45-27-13-15-29-47(45)54(48-30-16-14-28-46(48)53)40-42-56-51-33-19-23-37-59(51)62(60-38-24-20-34-52(56)60)64(66)68-44-26-12-10-8-6-4-2/h13-24,27-38H,3-12,25-26,43-44H2,1-2H3. The molecular formula is C64H58O4. The third-order valence-corrected chi connectivity index (χ3v) is 13.3. The average Bonchev–Trinajstić information content (AvgIpc) is 3.38. The van der Waals surface area contributed by atoms with Crippen LogP contribution in [-0.4, -0.2) is 25.2 Å². The molecule has 0 atom stereocenters. The number of carbonyl (C=O) groups is 2. The molecule has 0 aliphatic rings. The lowest BCUT2D eigenvalue weighted by Crippen LogP contribution is -2.09. The SMILES string of the molecule is CCCCCCCCOC(=O)c1c2ccccc2c(C#Cc2c3ccccc3c(C#Cc3c4ccccc4c(C(=O)OCCCCCCCC)c4ccccc34)c3ccccc23)c2ccccc12. The number of hydrogen-bond acceptors (Lipinski definition) is 4. The molecule has 0 saturated carbocycles. The molecule has 0 N–H and O–H groups in total. The van der Waals surface area contributed by atoms with Crippen LogP contribution >= 0.6 is 0 Å². The maximum Gasteiger partial charge on any atom is 0.339 e. The minimum atomic E-state index is -0.294. The molecular weight excluding hydrogens is 833 g/mol. The lowest BCUT2D eigenvalue weighted by atomic mass is 9.89. The molecule has 0 amide bonds. The summed E-state index contributed by atoms with van der Waals surface area (Å²) in [4.78, 5) is 27.9. The van der Waals surface area contributed by atoms with Crippen molar-refractivity contribution < 1.29 is 19.1 Å². The molecule has 338 valence electrons. The Balaban J connectivity index is 1.12. The molecule has 0 unspecified atom stereocenters. The van der Waals surface area contributed by atoms with E-state index in [1.165, 1.54) is 38.5 Å². The monoisotopic (exact) mass is 890 g/mol. The highest BCUT2D eigenvalue weighted by atomic mass is 16.5. The van der Waals surface area contributed by atoms with Crippen LogP contribution in [0.5, 0.6) is 0 Å². The Labute approximate surface area is 400 Å². The van der Waals surface area contributed by atoms with Crippen LogP contribution in [0, 0.1) is 23.7 Å². The summed E-state index contributed by atoms with van der Waals surface area (Å²) >= 11 is 0. The normalized spacial score (nSPS) is 11.2. The number of esters is 2. The fraction of sp³-hybridized carbons (Fsp3) is 0.250. The molecule has 0 spiro atoms. The van der Waals surface area contributed by atoms with E-state index < -0.39 is 0 Å². The van der Waals surface area contributed by atoms with Crippen molar-refractivity contribution >= 4 is 76.6 Å². The summed E-state index contributed by atoms with van der Waals surface area (Å²) in [5, 5.41) is 11.0. The molecule has 0 saturated heterocycles. The van der Waals surface area contributed by atoms with Crippen molar-refractivity contribution in [3.8, 4) is 23.7 Å². The third kappa shape index (κ3) is 9.56. The van der Waals surface area contributed by atoms with E-state index in [0.29, 0.717) is 24.3 Å². The molecule has 4 nitrogen and oxygen atoms in total. The molecule has 4 heteroatoms. The van der Waals surface area contributed by atoms with Crippen LogP contribution in [-0.2, 0) is 9.47 Å². The quantitative estimate of drug-likeness (QED) is 0.0420. The Morgan fingerprint density at radius 3 is 0.765 bits per heavy atom. The number of benzene rings is 9. The predicted molar refractivity (Wildman–Crippen MR) is 284 cm³/mol. The van der Waals surface area contributed by atoms with Crippen molar-refractivity contribution in [1.29, 1.82) is 0 Å². The van der Waals surface area contributed by atoms with Crippen molar-refractivity contribution in [2.45, 2.75) is 90.9 Å². The van der Waals surface area contributed by atoms with Crippen molar-refractivity contribution in [3.63, 3.8) is 0 Å². The first-order valence-electron chi connectivity index (χ1n) is 24.8. The van der Waals surface area contributed by atoms with Crippen LogP contribution in [0.15, 0.2) is 146 Å². The summed E-state index contributed by atoms with van der Waals surface area (Å²) in [6.45, 7) is 5.25. The fourth-order valence-electron chi connectivity index (χ4n) is 9.85. The molecule has 0 aromatic heterocycles. The van der Waals surface area contributed by atoms with Crippen molar-refractivity contribution in [2.24, 2.45) is 0 Å². The number of unbranched alkanes of at least 4 members (excludes halogenated alkanes) is 10. The summed E-state index contributed by atoms with van der Waals surface area (Å²) in [5.74, 6) is 14.1. The molecule has 9 rings (SSSR count). The first kappa shape index (κ1) is 45.7. The largest absolute Gasteiger partial charge is 0.462 e. The van der Waals surface area contributed by atoms with Crippen LogP contribution in [0.25, 0.3) is 64.6 Å². The molecule has 68 heavy (non-hydrogen) atoms. The van der Waals surface area contributed by atoms with E-state index in [2.05, 4.69) is 110 Å². The Morgan fingerprint density at radius 2 is 0.515 bits per heavy atom. The van der Waals surface area contributed by atoms with Gasteiger partial charge in [0.05, 0.1) is 24.3 Å². The number of ether oxygens (including phenoxy) is 2. The van der Waals surface area contributed by atoms with Crippen molar-refractivity contribution in [3.05, 3.63) is 179 Å². The van der Waals surface area contributed by atoms with Gasteiger partial charge in [-0.05, 0) is 77.5 Å². The second-order valence-electron chi connectivity index (χ2n) is 17.8. The van der Waals surface area contributed by atoms with Gasteiger partial charge in [0.15, 0.2) is 0 Å². The highest BCUT2D eigenvalue weighted by Gasteiger charge is 2.21. The highest BCUT2D eigenvalue weighted by Crippen LogP contribution is 2.37. The summed E-state index contributed by atoms with van der Waals surface area (Å²) in [6, 6.07) is 49.0. The lowest BCUT2D eigenvalue weighted by molar-refractivity contribution is 0.0493. The molecule has 0 bridgehead atoms. The Bertz CT molecular complexity index is 3040. The molecule has 0 radical (unpaired) electrons. The van der Waals surface area contributed by atoms with Gasteiger partial charge in [0.2, 0.25) is 0 Å². The molecule has 0 aliphatic heterocycles. The van der Waals surface area contributed by atoms with Gasteiger partial charge in [-0.2, -0.15) is 0 Å². The second-order valence-corrected chi connectivity index (χ2v) is 17.8. The van der Waals surface area contributed by atoms with Gasteiger partial charge in [-0.15, -0.1) is 0 Å². The van der Waals surface area contributed by atoms with Crippen LogP contribution in [0.3, 0.4) is 0 Å². The Morgan fingerprint density at radius 1 is 0.309 bits per heavy atom. The van der Waals surface area contributed by atoms with Crippen LogP contribution in [0.1, 0.15) is 134 Å². The van der Waals surface area contributed by atoms with Gasteiger partial charge < -0.3 is 9.47 Å². The van der Waals surface area contributed by atoms with Gasteiger partial charge in [-0.25, -0.2) is 9.59 Å². The fourth-order valence-corrected chi connectivity index (χ4v) is 9.85. The Kier molecular flexibility index (Phi) is 14.8. The molecule has 0 aliphatic carbocycles. The highest BCUT2D eigenvalue weighted by molar-refractivity contribution is 6.21. The zero-order valence-electron chi connectivity index (χ0n) is 39.4. The summed E-state index contributed by atoms with van der Waals surface area (Å²) in [6.07, 6.45) is 13.5. The molecule has 9 aromatic carbocycles. The summed E-state index contributed by atoms with van der Waals surface area (Å²) in [5.41, 5.74) is 4.74. The maximum atomic E-state index is 13.9. The zero-order valence-corrected chi connectivity index (χ0v) is 39.4. The van der Waals surface area contributed by atoms with E-state index in [0.717, 1.165) is 125 Å². The lowest BCUT2D eigenvalue weighted by Gasteiger charge is -2.14. The predicted octanol–water partition coefficient (Wildman–Crippen LogP) is 16.4. The minimum Gasteiger partial charge on any atom is -0.462 e. The average molecular weight is 891 g/mol. The molecule has 0 heterocycles. The van der Waals surface area contributed by atoms with Gasteiger partial charge in [-0.1, -0.05) is 247 Å². The van der Waals surface area contributed by atoms with E-state index in [4.69, 9.17) is 9.47 Å². The van der Waals surface area contributed by atoms with Crippen LogP contribution in [0.2, 0.25) is 0 Å².